The maximum Gasteiger partial charge on any atom is 0.249 e. The monoisotopic (exact) mass is 347 g/mol. The quantitative estimate of drug-likeness (QED) is 0.838. The van der Waals surface area contributed by atoms with Crippen molar-refractivity contribution in [3.05, 3.63) is 29.8 Å². The van der Waals surface area contributed by atoms with Crippen molar-refractivity contribution >= 4 is 15.9 Å². The number of hydrogen-bond donors (Lipinski definition) is 1. The van der Waals surface area contributed by atoms with Crippen molar-refractivity contribution in [2.45, 2.75) is 11.3 Å². The predicted octanol–water partition coefficient (Wildman–Crippen LogP) is 0.407. The molecule has 0 saturated carbocycles. The maximum atomic E-state index is 13.7. The molecule has 0 bridgehead atoms. The molecule has 0 atom stereocenters. The topological polar surface area (TPSA) is 69.7 Å². The number of rotatable bonds is 5. The van der Waals surface area contributed by atoms with Crippen LogP contribution in [0.15, 0.2) is 23.1 Å². The Morgan fingerprint density at radius 2 is 1.74 bits per heavy atom. The number of hydrogen-bond acceptors (Lipinski definition) is 4. The molecule has 1 aliphatic rings. The molecule has 1 heterocycles. The van der Waals surface area contributed by atoms with Crippen molar-refractivity contribution in [1.82, 2.24) is 14.5 Å². The molecule has 0 aliphatic carbocycles. The Bertz CT molecular complexity index is 654. The molecule has 2 rings (SSSR count). The van der Waals surface area contributed by atoms with E-state index in [1.54, 1.807) is 11.9 Å². The average Bonchev–Trinajstić information content (AvgIpc) is 2.52. The molecule has 6 nitrogen and oxygen atoms in total. The number of sulfonamides is 1. The zero-order valence-corrected chi connectivity index (χ0v) is 13.6. The van der Waals surface area contributed by atoms with Crippen LogP contribution in [0.2, 0.25) is 0 Å². The van der Waals surface area contributed by atoms with E-state index in [2.05, 4.69) is 5.32 Å². The lowest BCUT2D eigenvalue weighted by Crippen LogP contribution is -2.51. The minimum atomic E-state index is -4.26. The molecule has 1 N–H and O–H groups in total. The molecule has 1 saturated heterocycles. The van der Waals surface area contributed by atoms with E-state index in [4.69, 9.17) is 0 Å². The number of nitrogens with one attached hydrogen (secondary N) is 1. The summed E-state index contributed by atoms with van der Waals surface area (Å²) in [4.78, 5) is 12.5. The van der Waals surface area contributed by atoms with Crippen LogP contribution in [0, 0.1) is 11.6 Å². The molecule has 1 amide bonds. The Balaban J connectivity index is 2.09. The fourth-order valence-electron chi connectivity index (χ4n) is 2.43. The number of piperazine rings is 1. The Labute approximate surface area is 134 Å². The lowest BCUT2D eigenvalue weighted by atomic mass is 10.3. The molecule has 9 heteroatoms. The van der Waals surface area contributed by atoms with Crippen molar-refractivity contribution < 1.29 is 22.0 Å². The summed E-state index contributed by atoms with van der Waals surface area (Å²) in [5, 5.41) is 2.87. The summed E-state index contributed by atoms with van der Waals surface area (Å²) >= 11 is 0. The highest BCUT2D eigenvalue weighted by Crippen LogP contribution is 2.23. The van der Waals surface area contributed by atoms with Gasteiger partial charge in [-0.25, -0.2) is 17.2 Å². The summed E-state index contributed by atoms with van der Waals surface area (Å²) in [6.07, 6.45) is 0.325. The van der Waals surface area contributed by atoms with Crippen molar-refractivity contribution in [2.75, 3.05) is 39.8 Å². The summed E-state index contributed by atoms with van der Waals surface area (Å²) < 4.78 is 53.3. The second-order valence-corrected chi connectivity index (χ2v) is 7.06. The Morgan fingerprint density at radius 1 is 1.17 bits per heavy atom. The highest BCUT2D eigenvalue weighted by atomic mass is 32.2. The van der Waals surface area contributed by atoms with Crippen LogP contribution in [0.5, 0.6) is 0 Å². The van der Waals surface area contributed by atoms with Gasteiger partial charge in [-0.15, -0.1) is 0 Å². The van der Waals surface area contributed by atoms with Gasteiger partial charge in [0.15, 0.2) is 4.90 Å². The zero-order chi connectivity index (χ0) is 17.0. The highest BCUT2D eigenvalue weighted by Gasteiger charge is 2.33. The van der Waals surface area contributed by atoms with Crippen LogP contribution < -0.4 is 5.32 Å². The summed E-state index contributed by atoms with van der Waals surface area (Å²) in [6, 6.07) is 2.93. The smallest absolute Gasteiger partial charge is 0.249 e. The van der Waals surface area contributed by atoms with Crippen molar-refractivity contribution in [3.8, 4) is 0 Å². The van der Waals surface area contributed by atoms with Gasteiger partial charge >= 0.3 is 0 Å². The number of benzene rings is 1. The van der Waals surface area contributed by atoms with Crippen molar-refractivity contribution in [3.63, 3.8) is 0 Å². The third-order valence-corrected chi connectivity index (χ3v) is 5.65. The number of carbonyl (C=O) groups excluding carboxylic acids is 1. The molecule has 0 unspecified atom stereocenters. The van der Waals surface area contributed by atoms with E-state index in [1.807, 2.05) is 0 Å². The largest absolute Gasteiger partial charge is 0.340 e. The fourth-order valence-corrected chi connectivity index (χ4v) is 3.96. The Hall–Kier alpha value is -1.58. The Kier molecular flexibility index (Phi) is 5.66. The van der Waals surface area contributed by atoms with Gasteiger partial charge in [0, 0.05) is 39.1 Å². The van der Waals surface area contributed by atoms with E-state index >= 15 is 0 Å². The SMILES string of the molecule is CNCCC(=O)N1CCN(S(=O)(=O)c2c(F)cccc2F)CC1. The molecule has 1 aliphatic heterocycles. The summed E-state index contributed by atoms with van der Waals surface area (Å²) in [7, 11) is -2.52. The van der Waals surface area contributed by atoms with Gasteiger partial charge in [0.25, 0.3) is 0 Å². The first-order valence-electron chi connectivity index (χ1n) is 7.24. The van der Waals surface area contributed by atoms with E-state index in [0.717, 1.165) is 22.5 Å². The van der Waals surface area contributed by atoms with Crippen LogP contribution in [-0.4, -0.2) is 63.3 Å². The number of nitrogens with zero attached hydrogens (tertiary/aromatic N) is 2. The average molecular weight is 347 g/mol. The van der Waals surface area contributed by atoms with Gasteiger partial charge in [0.05, 0.1) is 0 Å². The highest BCUT2D eigenvalue weighted by molar-refractivity contribution is 7.89. The molecular weight excluding hydrogens is 328 g/mol. The summed E-state index contributed by atoms with van der Waals surface area (Å²) in [6.45, 7) is 0.982. The number of amides is 1. The van der Waals surface area contributed by atoms with Gasteiger partial charge in [-0.2, -0.15) is 4.31 Å². The van der Waals surface area contributed by atoms with Gasteiger partial charge in [0.1, 0.15) is 11.6 Å². The van der Waals surface area contributed by atoms with Gasteiger partial charge in [-0.05, 0) is 19.2 Å². The van der Waals surface area contributed by atoms with Crippen molar-refractivity contribution in [2.24, 2.45) is 0 Å². The fraction of sp³-hybridized carbons (Fsp3) is 0.500. The van der Waals surface area contributed by atoms with Crippen LogP contribution in [-0.2, 0) is 14.8 Å². The lowest BCUT2D eigenvalue weighted by molar-refractivity contribution is -0.132. The van der Waals surface area contributed by atoms with Crippen LogP contribution in [0.1, 0.15) is 6.42 Å². The lowest BCUT2D eigenvalue weighted by Gasteiger charge is -2.34. The van der Waals surface area contributed by atoms with E-state index in [9.17, 15) is 22.0 Å². The van der Waals surface area contributed by atoms with E-state index in [0.29, 0.717) is 13.0 Å². The molecule has 1 aromatic carbocycles. The van der Waals surface area contributed by atoms with Gasteiger partial charge in [0.2, 0.25) is 15.9 Å². The predicted molar refractivity (Wildman–Crippen MR) is 80.2 cm³/mol. The Morgan fingerprint density at radius 3 is 2.26 bits per heavy atom. The zero-order valence-electron chi connectivity index (χ0n) is 12.8. The molecule has 1 aromatic rings. The summed E-state index contributed by atoms with van der Waals surface area (Å²) in [5.41, 5.74) is 0. The van der Waals surface area contributed by atoms with E-state index in [-0.39, 0.29) is 32.1 Å². The molecular formula is C14H19F2N3O3S. The maximum absolute atomic E-state index is 13.7. The van der Waals surface area contributed by atoms with Gasteiger partial charge in [-0.3, -0.25) is 4.79 Å². The van der Waals surface area contributed by atoms with Crippen LogP contribution in [0.25, 0.3) is 0 Å². The van der Waals surface area contributed by atoms with Gasteiger partial charge < -0.3 is 10.2 Å². The third kappa shape index (κ3) is 3.85. The van der Waals surface area contributed by atoms with Crippen LogP contribution >= 0.6 is 0 Å². The molecule has 0 spiro atoms. The number of carbonyl (C=O) groups is 1. The minimum Gasteiger partial charge on any atom is -0.340 e. The molecule has 23 heavy (non-hydrogen) atoms. The number of halogens is 2. The standard InChI is InChI=1S/C14H19F2N3O3S/c1-17-6-5-13(20)18-7-9-19(10-8-18)23(21,22)14-11(15)3-2-4-12(14)16/h2-4,17H,5-10H2,1H3. The molecule has 0 aromatic heterocycles. The second-order valence-electron chi connectivity index (χ2n) is 5.19. The first kappa shape index (κ1) is 17.8. The van der Waals surface area contributed by atoms with Gasteiger partial charge in [-0.1, -0.05) is 6.07 Å². The molecule has 128 valence electrons. The first-order valence-corrected chi connectivity index (χ1v) is 8.68. The van der Waals surface area contributed by atoms with E-state index < -0.39 is 26.6 Å². The van der Waals surface area contributed by atoms with E-state index in [1.165, 1.54) is 0 Å². The normalized spacial score (nSPS) is 16.6. The van der Waals surface area contributed by atoms with Crippen LogP contribution in [0.3, 0.4) is 0 Å². The minimum absolute atomic E-state index is 0.0153. The first-order chi connectivity index (χ1) is 10.9. The van der Waals surface area contributed by atoms with Crippen molar-refractivity contribution in [1.29, 1.82) is 0 Å². The summed E-state index contributed by atoms with van der Waals surface area (Å²) in [5.74, 6) is -2.30. The molecule has 1 fully saturated rings. The third-order valence-electron chi connectivity index (χ3n) is 3.70. The molecule has 0 radical (unpaired) electrons. The van der Waals surface area contributed by atoms with Crippen LogP contribution in [0.4, 0.5) is 8.78 Å². The second kappa shape index (κ2) is 7.33.